The van der Waals surface area contributed by atoms with Crippen molar-refractivity contribution in [3.05, 3.63) is 24.3 Å². The normalized spacial score (nSPS) is 11.6. The minimum absolute atomic E-state index is 0.729. The van der Waals surface area contributed by atoms with Crippen LogP contribution in [0.25, 0.3) is 0 Å². The first-order chi connectivity index (χ1) is 17.7. The number of unbranched alkanes of at least 4 members (excludes halogenated alkanes) is 19. The molecule has 0 bridgehead atoms. The zero-order chi connectivity index (χ0) is 26.4. The Balaban J connectivity index is 3.23. The highest BCUT2D eigenvalue weighted by Gasteiger charge is 1.94. The van der Waals surface area contributed by atoms with E-state index in [-0.39, 0.29) is 0 Å². The van der Waals surface area contributed by atoms with Crippen molar-refractivity contribution in [2.45, 2.75) is 141 Å². The van der Waals surface area contributed by atoms with Crippen molar-refractivity contribution in [1.82, 2.24) is 0 Å². The Morgan fingerprint density at radius 3 is 1.53 bits per heavy atom. The van der Waals surface area contributed by atoms with E-state index in [1.165, 1.54) is 103 Å². The number of carboxylic acids is 1. The highest BCUT2D eigenvalue weighted by molar-refractivity contribution is 5.86. The summed E-state index contributed by atoms with van der Waals surface area (Å²) in [5.41, 5.74) is 0. The maximum absolute atomic E-state index is 10.2. The number of hydrogen-bond acceptors (Lipinski definition) is 2. The van der Waals surface area contributed by atoms with Gasteiger partial charge >= 0.3 is 5.97 Å². The van der Waals surface area contributed by atoms with Crippen LogP contribution in [0.15, 0.2) is 24.3 Å². The van der Waals surface area contributed by atoms with E-state index in [1.54, 1.807) is 12.2 Å². The standard InChI is InChI=1S/C33H50O3/c1-2-32(34)30-28-26-24-22-20-18-16-14-12-10-8-6-4-3-5-7-9-11-13-15-17-19-21-23-25-27-29-31-33(35)36/h1,25,27-28,30,32,34H,3-5,7,9-24,26H2,(H,35,36)/t32-/m0/s1. The maximum Gasteiger partial charge on any atom is 0.382 e. The number of allylic oxidation sites excluding steroid dienone is 3. The number of hydrogen-bond donors (Lipinski definition) is 2. The van der Waals surface area contributed by atoms with E-state index in [2.05, 4.69) is 29.6 Å². The molecule has 3 heteroatoms. The Kier molecular flexibility index (Phi) is 26.9. The molecule has 200 valence electrons. The molecule has 1 atom stereocenters. The van der Waals surface area contributed by atoms with Crippen LogP contribution in [0.1, 0.15) is 135 Å². The van der Waals surface area contributed by atoms with Crippen LogP contribution in [0.4, 0.5) is 0 Å². The number of aliphatic carboxylic acids is 1. The predicted octanol–water partition coefficient (Wildman–Crippen LogP) is 8.38. The molecule has 0 fully saturated rings. The van der Waals surface area contributed by atoms with Gasteiger partial charge in [0.05, 0.1) is 0 Å². The van der Waals surface area contributed by atoms with Crippen LogP contribution in [0.3, 0.4) is 0 Å². The zero-order valence-corrected chi connectivity index (χ0v) is 22.6. The van der Waals surface area contributed by atoms with E-state index in [9.17, 15) is 9.90 Å². The minimum atomic E-state index is -1.07. The Labute approximate surface area is 222 Å². The molecule has 0 aromatic carbocycles. The molecule has 0 aromatic rings. The number of carbonyl (C=O) groups is 1. The highest BCUT2D eigenvalue weighted by atomic mass is 16.4. The fourth-order valence-corrected chi connectivity index (χ4v) is 3.95. The zero-order valence-electron chi connectivity index (χ0n) is 22.6. The van der Waals surface area contributed by atoms with E-state index in [1.807, 2.05) is 12.2 Å². The molecule has 0 rings (SSSR count). The van der Waals surface area contributed by atoms with Crippen LogP contribution in [-0.4, -0.2) is 22.3 Å². The second kappa shape index (κ2) is 28.8. The molecule has 0 saturated heterocycles. The third-order valence-corrected chi connectivity index (χ3v) is 6.09. The molecule has 0 saturated carbocycles. The first-order valence-corrected chi connectivity index (χ1v) is 14.3. The van der Waals surface area contributed by atoms with E-state index < -0.39 is 12.1 Å². The lowest BCUT2D eigenvalue weighted by Gasteiger charge is -2.01. The van der Waals surface area contributed by atoms with Gasteiger partial charge < -0.3 is 10.2 Å². The lowest BCUT2D eigenvalue weighted by Crippen LogP contribution is -1.95. The van der Waals surface area contributed by atoms with Gasteiger partial charge in [0.25, 0.3) is 0 Å². The van der Waals surface area contributed by atoms with Crippen molar-refractivity contribution < 1.29 is 15.0 Å². The van der Waals surface area contributed by atoms with Crippen LogP contribution in [0, 0.1) is 36.0 Å². The van der Waals surface area contributed by atoms with Gasteiger partial charge in [0.2, 0.25) is 0 Å². The second-order valence-electron chi connectivity index (χ2n) is 9.46. The van der Waals surface area contributed by atoms with Crippen LogP contribution in [0.5, 0.6) is 0 Å². The third kappa shape index (κ3) is 29.6. The summed E-state index contributed by atoms with van der Waals surface area (Å²) in [6, 6.07) is 0. The quantitative estimate of drug-likeness (QED) is 0.0902. The SMILES string of the molecule is C#C[C@H](O)C=CCCCCCCCCCC#CCCCCCCCCCCCCC=CC#CC(=O)O. The first-order valence-electron chi connectivity index (χ1n) is 14.3. The lowest BCUT2D eigenvalue weighted by molar-refractivity contribution is -0.130. The van der Waals surface area contributed by atoms with Crippen molar-refractivity contribution in [3.8, 4) is 36.0 Å². The first kappa shape index (κ1) is 33.6. The Hall–Kier alpha value is -2.41. The summed E-state index contributed by atoms with van der Waals surface area (Å²) in [4.78, 5) is 10.2. The van der Waals surface area contributed by atoms with Crippen LogP contribution >= 0.6 is 0 Å². The fraction of sp³-hybridized carbons (Fsp3) is 0.667. The third-order valence-electron chi connectivity index (χ3n) is 6.09. The Morgan fingerprint density at radius 1 is 0.667 bits per heavy atom. The van der Waals surface area contributed by atoms with Gasteiger partial charge in [-0.05, 0) is 50.7 Å². The van der Waals surface area contributed by atoms with Gasteiger partial charge in [-0.1, -0.05) is 107 Å². The van der Waals surface area contributed by atoms with Crippen molar-refractivity contribution in [1.29, 1.82) is 0 Å². The van der Waals surface area contributed by atoms with Crippen LogP contribution in [-0.2, 0) is 4.79 Å². The molecular weight excluding hydrogens is 444 g/mol. The Morgan fingerprint density at radius 2 is 1.08 bits per heavy atom. The summed E-state index contributed by atoms with van der Waals surface area (Å²) in [5.74, 6) is 12.5. The molecular formula is C33H50O3. The smallest absolute Gasteiger partial charge is 0.382 e. The summed E-state index contributed by atoms with van der Waals surface area (Å²) >= 11 is 0. The largest absolute Gasteiger partial charge is 0.472 e. The van der Waals surface area contributed by atoms with Gasteiger partial charge in [0.15, 0.2) is 0 Å². The second-order valence-corrected chi connectivity index (χ2v) is 9.46. The van der Waals surface area contributed by atoms with Gasteiger partial charge in [-0.2, -0.15) is 0 Å². The Bertz CT molecular complexity index is 733. The van der Waals surface area contributed by atoms with Gasteiger partial charge in [-0.15, -0.1) is 18.3 Å². The minimum Gasteiger partial charge on any atom is -0.472 e. The van der Waals surface area contributed by atoms with Crippen molar-refractivity contribution >= 4 is 5.97 Å². The van der Waals surface area contributed by atoms with E-state index >= 15 is 0 Å². The molecule has 0 unspecified atom stereocenters. The number of aliphatic hydroxyl groups excluding tert-OH is 1. The molecule has 0 aliphatic heterocycles. The van der Waals surface area contributed by atoms with Gasteiger partial charge in [0, 0.05) is 18.8 Å². The number of aliphatic hydroxyl groups is 1. The lowest BCUT2D eigenvalue weighted by atomic mass is 10.0. The van der Waals surface area contributed by atoms with Gasteiger partial charge in [-0.25, -0.2) is 4.79 Å². The van der Waals surface area contributed by atoms with E-state index in [0.717, 1.165) is 32.1 Å². The van der Waals surface area contributed by atoms with E-state index in [4.69, 9.17) is 11.5 Å². The summed E-state index contributed by atoms with van der Waals surface area (Å²) < 4.78 is 0. The van der Waals surface area contributed by atoms with Crippen molar-refractivity contribution in [2.75, 3.05) is 0 Å². The molecule has 36 heavy (non-hydrogen) atoms. The average Bonchev–Trinajstić information content (AvgIpc) is 2.87. The predicted molar refractivity (Wildman–Crippen MR) is 153 cm³/mol. The van der Waals surface area contributed by atoms with Gasteiger partial charge in [0.1, 0.15) is 6.10 Å². The summed E-state index contributed by atoms with van der Waals surface area (Å²) in [6.45, 7) is 0. The maximum atomic E-state index is 10.2. The van der Waals surface area contributed by atoms with Crippen molar-refractivity contribution in [3.63, 3.8) is 0 Å². The number of rotatable bonds is 22. The molecule has 0 radical (unpaired) electrons. The molecule has 0 amide bonds. The number of terminal acetylenes is 1. The summed E-state index contributed by atoms with van der Waals surface area (Å²) in [7, 11) is 0. The molecule has 2 N–H and O–H groups in total. The molecule has 0 aromatic heterocycles. The average molecular weight is 495 g/mol. The van der Waals surface area contributed by atoms with Crippen LogP contribution < -0.4 is 0 Å². The number of carboxylic acid groups (broad SMARTS) is 1. The monoisotopic (exact) mass is 494 g/mol. The fourth-order valence-electron chi connectivity index (χ4n) is 3.95. The summed E-state index contributed by atoms with van der Waals surface area (Å²) in [6.07, 6.45) is 37.6. The molecule has 0 heterocycles. The van der Waals surface area contributed by atoms with Crippen LogP contribution in [0.2, 0.25) is 0 Å². The van der Waals surface area contributed by atoms with E-state index in [0.29, 0.717) is 0 Å². The van der Waals surface area contributed by atoms with Crippen molar-refractivity contribution in [2.24, 2.45) is 0 Å². The topological polar surface area (TPSA) is 57.5 Å². The highest BCUT2D eigenvalue weighted by Crippen LogP contribution is 2.12. The molecule has 0 spiro atoms. The molecule has 3 nitrogen and oxygen atoms in total. The summed E-state index contributed by atoms with van der Waals surface area (Å²) in [5, 5.41) is 17.6. The van der Waals surface area contributed by atoms with Gasteiger partial charge in [-0.3, -0.25) is 0 Å². The molecule has 0 aliphatic carbocycles. The molecule has 0 aliphatic rings.